The number of halogens is 1. The molecule has 0 bridgehead atoms. The Labute approximate surface area is 110 Å². The molecule has 0 amide bonds. The molecule has 2 atom stereocenters. The van der Waals surface area contributed by atoms with Crippen LogP contribution in [0.15, 0.2) is 12.3 Å². The van der Waals surface area contributed by atoms with E-state index >= 15 is 0 Å². The Hall–Kier alpha value is -0.760. The summed E-state index contributed by atoms with van der Waals surface area (Å²) in [5.41, 5.74) is 2.09. The minimum Gasteiger partial charge on any atom is -0.381 e. The van der Waals surface area contributed by atoms with Crippen molar-refractivity contribution in [3.8, 4) is 0 Å². The van der Waals surface area contributed by atoms with Crippen LogP contribution in [0.5, 0.6) is 0 Å². The van der Waals surface area contributed by atoms with Gasteiger partial charge in [-0.1, -0.05) is 38.8 Å². The van der Waals surface area contributed by atoms with Gasteiger partial charge in [0.05, 0.1) is 11.9 Å². The molecule has 17 heavy (non-hydrogen) atoms. The number of aromatic nitrogens is 1. The summed E-state index contributed by atoms with van der Waals surface area (Å²) < 4.78 is 0. The lowest BCUT2D eigenvalue weighted by Gasteiger charge is -2.21. The van der Waals surface area contributed by atoms with Crippen molar-refractivity contribution in [3.63, 3.8) is 0 Å². The Kier molecular flexibility index (Phi) is 5.76. The zero-order valence-electron chi connectivity index (χ0n) is 11.3. The van der Waals surface area contributed by atoms with Gasteiger partial charge in [0.15, 0.2) is 0 Å². The standard InChI is InChI=1S/C14H23ClN2/c1-5-10(3)7-12(6-2)17-13-8-11(4)14(15)16-9-13/h8-10,12,17H,5-7H2,1-4H3. The summed E-state index contributed by atoms with van der Waals surface area (Å²) in [6, 6.07) is 2.58. The molecule has 0 saturated heterocycles. The van der Waals surface area contributed by atoms with Crippen LogP contribution in [-0.4, -0.2) is 11.0 Å². The Bertz CT molecular complexity index is 352. The van der Waals surface area contributed by atoms with Crippen molar-refractivity contribution in [2.75, 3.05) is 5.32 Å². The van der Waals surface area contributed by atoms with Crippen LogP contribution in [0.25, 0.3) is 0 Å². The number of hydrogen-bond acceptors (Lipinski definition) is 2. The molecule has 96 valence electrons. The third kappa shape index (κ3) is 4.55. The molecule has 0 saturated carbocycles. The van der Waals surface area contributed by atoms with Crippen molar-refractivity contribution in [1.29, 1.82) is 0 Å². The summed E-state index contributed by atoms with van der Waals surface area (Å²) in [5.74, 6) is 0.758. The molecule has 2 unspecified atom stereocenters. The lowest BCUT2D eigenvalue weighted by molar-refractivity contribution is 0.461. The minimum absolute atomic E-state index is 0.521. The number of aryl methyl sites for hydroxylation is 1. The number of pyridine rings is 1. The van der Waals surface area contributed by atoms with Crippen LogP contribution in [0.4, 0.5) is 5.69 Å². The van der Waals surface area contributed by atoms with Crippen molar-refractivity contribution in [2.45, 2.75) is 53.0 Å². The Morgan fingerprint density at radius 1 is 1.35 bits per heavy atom. The quantitative estimate of drug-likeness (QED) is 0.747. The summed E-state index contributed by atoms with van der Waals surface area (Å²) >= 11 is 5.92. The topological polar surface area (TPSA) is 24.9 Å². The van der Waals surface area contributed by atoms with Gasteiger partial charge >= 0.3 is 0 Å². The highest BCUT2D eigenvalue weighted by Gasteiger charge is 2.10. The fourth-order valence-electron chi connectivity index (χ4n) is 1.85. The van der Waals surface area contributed by atoms with Gasteiger partial charge in [-0.2, -0.15) is 0 Å². The van der Waals surface area contributed by atoms with Crippen molar-refractivity contribution in [3.05, 3.63) is 23.0 Å². The average molecular weight is 255 g/mol. The van der Waals surface area contributed by atoms with E-state index < -0.39 is 0 Å². The number of rotatable bonds is 6. The normalized spacial score (nSPS) is 14.4. The summed E-state index contributed by atoms with van der Waals surface area (Å²) in [7, 11) is 0. The fraction of sp³-hybridized carbons (Fsp3) is 0.643. The molecule has 0 aromatic carbocycles. The minimum atomic E-state index is 0.521. The van der Waals surface area contributed by atoms with E-state index in [1.54, 1.807) is 0 Å². The fourth-order valence-corrected chi connectivity index (χ4v) is 1.96. The molecule has 1 heterocycles. The molecule has 0 spiro atoms. The molecule has 0 aliphatic rings. The Morgan fingerprint density at radius 3 is 2.59 bits per heavy atom. The second-order valence-electron chi connectivity index (χ2n) is 4.83. The monoisotopic (exact) mass is 254 g/mol. The molecular weight excluding hydrogens is 232 g/mol. The summed E-state index contributed by atoms with van der Waals surface area (Å²) in [6.45, 7) is 8.74. The first kappa shape index (κ1) is 14.3. The average Bonchev–Trinajstić information content (AvgIpc) is 2.32. The van der Waals surface area contributed by atoms with Gasteiger partial charge in [0, 0.05) is 6.04 Å². The molecule has 0 fully saturated rings. The third-order valence-electron chi connectivity index (χ3n) is 3.26. The molecule has 1 aromatic heterocycles. The first-order chi connectivity index (χ1) is 8.06. The second kappa shape index (κ2) is 6.85. The predicted octanol–water partition coefficient (Wildman–Crippen LogP) is 4.67. The van der Waals surface area contributed by atoms with Crippen molar-refractivity contribution in [1.82, 2.24) is 4.98 Å². The lowest BCUT2D eigenvalue weighted by atomic mass is 9.97. The maximum atomic E-state index is 5.92. The lowest BCUT2D eigenvalue weighted by Crippen LogP contribution is -2.21. The van der Waals surface area contributed by atoms with E-state index in [1.165, 1.54) is 12.8 Å². The highest BCUT2D eigenvalue weighted by Crippen LogP contribution is 2.20. The SMILES string of the molecule is CCC(C)CC(CC)Nc1cnc(Cl)c(C)c1. The second-order valence-corrected chi connectivity index (χ2v) is 5.19. The van der Waals surface area contributed by atoms with Crippen LogP contribution in [-0.2, 0) is 0 Å². The van der Waals surface area contributed by atoms with Gasteiger partial charge in [0.1, 0.15) is 5.15 Å². The smallest absolute Gasteiger partial charge is 0.132 e. The largest absolute Gasteiger partial charge is 0.381 e. The number of nitrogens with one attached hydrogen (secondary N) is 1. The zero-order valence-corrected chi connectivity index (χ0v) is 12.0. The zero-order chi connectivity index (χ0) is 12.8. The summed E-state index contributed by atoms with van der Waals surface area (Å²) in [4.78, 5) is 4.17. The van der Waals surface area contributed by atoms with E-state index in [1.807, 2.05) is 13.1 Å². The number of hydrogen-bond donors (Lipinski definition) is 1. The van der Waals surface area contributed by atoms with Gasteiger partial charge in [-0.05, 0) is 37.3 Å². The van der Waals surface area contributed by atoms with Gasteiger partial charge in [0.25, 0.3) is 0 Å². The van der Waals surface area contributed by atoms with E-state index in [-0.39, 0.29) is 0 Å². The maximum Gasteiger partial charge on any atom is 0.132 e. The molecular formula is C14H23ClN2. The molecule has 1 N–H and O–H groups in total. The van der Waals surface area contributed by atoms with E-state index in [4.69, 9.17) is 11.6 Å². The van der Waals surface area contributed by atoms with Gasteiger partial charge in [0.2, 0.25) is 0 Å². The van der Waals surface area contributed by atoms with Crippen LogP contribution >= 0.6 is 11.6 Å². The molecule has 0 aliphatic heterocycles. The first-order valence-electron chi connectivity index (χ1n) is 6.45. The number of nitrogens with zero attached hydrogens (tertiary/aromatic N) is 1. The first-order valence-corrected chi connectivity index (χ1v) is 6.83. The molecule has 3 heteroatoms. The Morgan fingerprint density at radius 2 is 2.06 bits per heavy atom. The van der Waals surface area contributed by atoms with Crippen LogP contribution in [0.1, 0.15) is 45.6 Å². The van der Waals surface area contributed by atoms with E-state index in [0.29, 0.717) is 11.2 Å². The predicted molar refractivity (Wildman–Crippen MR) is 75.8 cm³/mol. The summed E-state index contributed by atoms with van der Waals surface area (Å²) in [5, 5.41) is 4.13. The van der Waals surface area contributed by atoms with Crippen LogP contribution < -0.4 is 5.32 Å². The Balaban J connectivity index is 2.63. The summed E-state index contributed by atoms with van der Waals surface area (Å²) in [6.07, 6.45) is 5.38. The van der Waals surface area contributed by atoms with Crippen molar-refractivity contribution < 1.29 is 0 Å². The molecule has 2 nitrogen and oxygen atoms in total. The molecule has 0 aliphatic carbocycles. The van der Waals surface area contributed by atoms with E-state index in [0.717, 1.165) is 23.6 Å². The van der Waals surface area contributed by atoms with Gasteiger partial charge in [-0.15, -0.1) is 0 Å². The van der Waals surface area contributed by atoms with Gasteiger partial charge in [-0.25, -0.2) is 4.98 Å². The van der Waals surface area contributed by atoms with Gasteiger partial charge in [-0.3, -0.25) is 0 Å². The maximum absolute atomic E-state index is 5.92. The third-order valence-corrected chi connectivity index (χ3v) is 3.66. The molecule has 1 aromatic rings. The highest BCUT2D eigenvalue weighted by atomic mass is 35.5. The highest BCUT2D eigenvalue weighted by molar-refractivity contribution is 6.30. The van der Waals surface area contributed by atoms with Crippen LogP contribution in [0.2, 0.25) is 5.15 Å². The van der Waals surface area contributed by atoms with Crippen molar-refractivity contribution >= 4 is 17.3 Å². The van der Waals surface area contributed by atoms with E-state index in [2.05, 4.69) is 37.1 Å². The molecule has 0 radical (unpaired) electrons. The van der Waals surface area contributed by atoms with Crippen LogP contribution in [0.3, 0.4) is 0 Å². The van der Waals surface area contributed by atoms with Gasteiger partial charge < -0.3 is 5.32 Å². The molecule has 1 rings (SSSR count). The van der Waals surface area contributed by atoms with E-state index in [9.17, 15) is 0 Å². The number of anilines is 1. The van der Waals surface area contributed by atoms with Crippen LogP contribution in [0, 0.1) is 12.8 Å². The van der Waals surface area contributed by atoms with Crippen molar-refractivity contribution in [2.24, 2.45) is 5.92 Å².